The van der Waals surface area contributed by atoms with Gasteiger partial charge in [-0.15, -0.1) is 0 Å². The van der Waals surface area contributed by atoms with Crippen molar-refractivity contribution < 1.29 is 14.3 Å². The molecule has 0 aromatic carbocycles. The Morgan fingerprint density at radius 3 is 2.78 bits per heavy atom. The van der Waals surface area contributed by atoms with Gasteiger partial charge in [0, 0.05) is 13.1 Å². The first-order valence-electron chi connectivity index (χ1n) is 9.07. The van der Waals surface area contributed by atoms with Crippen LogP contribution in [0.15, 0.2) is 0 Å². The molecule has 0 saturated carbocycles. The highest BCUT2D eigenvalue weighted by molar-refractivity contribution is 5.82. The zero-order valence-corrected chi connectivity index (χ0v) is 14.5. The maximum atomic E-state index is 12.1. The molecule has 23 heavy (non-hydrogen) atoms. The van der Waals surface area contributed by atoms with E-state index in [-0.39, 0.29) is 24.0 Å². The third-order valence-electron chi connectivity index (χ3n) is 4.88. The van der Waals surface area contributed by atoms with Crippen molar-refractivity contribution in [1.82, 2.24) is 15.5 Å². The van der Waals surface area contributed by atoms with E-state index in [1.807, 2.05) is 13.8 Å². The van der Waals surface area contributed by atoms with E-state index in [2.05, 4.69) is 15.5 Å². The molecule has 0 bridgehead atoms. The second-order valence-electron chi connectivity index (χ2n) is 6.57. The number of hydrogen-bond acceptors (Lipinski definition) is 5. The van der Waals surface area contributed by atoms with Crippen molar-refractivity contribution in [1.29, 1.82) is 0 Å². The maximum absolute atomic E-state index is 12.1. The van der Waals surface area contributed by atoms with Crippen molar-refractivity contribution in [3.05, 3.63) is 0 Å². The van der Waals surface area contributed by atoms with Crippen LogP contribution in [0.4, 0.5) is 0 Å². The van der Waals surface area contributed by atoms with Crippen LogP contribution in [-0.2, 0) is 14.3 Å². The number of nitrogens with one attached hydrogen (secondary N) is 2. The number of esters is 1. The average molecular weight is 325 g/mol. The van der Waals surface area contributed by atoms with Crippen molar-refractivity contribution in [2.75, 3.05) is 32.8 Å². The van der Waals surface area contributed by atoms with Crippen molar-refractivity contribution in [3.8, 4) is 0 Å². The molecule has 0 spiro atoms. The average Bonchev–Trinajstić information content (AvgIpc) is 3.08. The van der Waals surface area contributed by atoms with Crippen LogP contribution in [-0.4, -0.2) is 61.6 Å². The largest absolute Gasteiger partial charge is 0.465 e. The van der Waals surface area contributed by atoms with Crippen LogP contribution >= 0.6 is 0 Å². The van der Waals surface area contributed by atoms with Crippen LogP contribution in [0.5, 0.6) is 0 Å². The highest BCUT2D eigenvalue weighted by Crippen LogP contribution is 2.20. The number of carbonyl (C=O) groups is 2. The van der Waals surface area contributed by atoms with E-state index >= 15 is 0 Å². The summed E-state index contributed by atoms with van der Waals surface area (Å²) >= 11 is 0. The number of piperidine rings is 1. The molecule has 6 heteroatoms. The van der Waals surface area contributed by atoms with Crippen molar-refractivity contribution in [3.63, 3.8) is 0 Å². The molecule has 1 amide bonds. The second-order valence-corrected chi connectivity index (χ2v) is 6.57. The highest BCUT2D eigenvalue weighted by Gasteiger charge is 2.30. The van der Waals surface area contributed by atoms with Crippen LogP contribution in [0, 0.1) is 5.92 Å². The summed E-state index contributed by atoms with van der Waals surface area (Å²) in [4.78, 5) is 26.4. The number of rotatable bonds is 7. The molecule has 0 aromatic heterocycles. The third kappa shape index (κ3) is 5.18. The van der Waals surface area contributed by atoms with E-state index in [0.29, 0.717) is 19.1 Å². The zero-order valence-electron chi connectivity index (χ0n) is 14.5. The van der Waals surface area contributed by atoms with E-state index in [1.54, 1.807) is 0 Å². The van der Waals surface area contributed by atoms with Crippen LogP contribution < -0.4 is 10.6 Å². The summed E-state index contributed by atoms with van der Waals surface area (Å²) in [7, 11) is 0. The SMILES string of the molecule is CCOC(=O)C(CC)N1CCCC(CNC(=O)C2CCCN2)C1. The normalized spacial score (nSPS) is 26.7. The van der Waals surface area contributed by atoms with Crippen molar-refractivity contribution in [2.24, 2.45) is 5.92 Å². The van der Waals surface area contributed by atoms with Gasteiger partial charge in [-0.05, 0) is 58.0 Å². The summed E-state index contributed by atoms with van der Waals surface area (Å²) in [5.74, 6) is 0.421. The zero-order chi connectivity index (χ0) is 16.7. The van der Waals surface area contributed by atoms with Gasteiger partial charge in [0.15, 0.2) is 0 Å². The monoisotopic (exact) mass is 325 g/mol. The quantitative estimate of drug-likeness (QED) is 0.681. The Labute approximate surface area is 139 Å². The van der Waals surface area contributed by atoms with E-state index < -0.39 is 0 Å². The predicted molar refractivity (Wildman–Crippen MR) is 89.0 cm³/mol. The van der Waals surface area contributed by atoms with Crippen molar-refractivity contribution >= 4 is 11.9 Å². The van der Waals surface area contributed by atoms with Gasteiger partial charge >= 0.3 is 5.97 Å². The molecule has 3 unspecified atom stereocenters. The summed E-state index contributed by atoms with van der Waals surface area (Å²) in [6, 6.07) is -0.164. The van der Waals surface area contributed by atoms with E-state index in [4.69, 9.17) is 4.74 Å². The first-order chi connectivity index (χ1) is 11.2. The molecule has 2 saturated heterocycles. The highest BCUT2D eigenvalue weighted by atomic mass is 16.5. The van der Waals surface area contributed by atoms with Crippen LogP contribution in [0.2, 0.25) is 0 Å². The minimum atomic E-state index is -0.148. The molecule has 2 heterocycles. The summed E-state index contributed by atoms with van der Waals surface area (Å²) in [5.41, 5.74) is 0. The number of hydrogen-bond donors (Lipinski definition) is 2. The van der Waals surface area contributed by atoms with Gasteiger partial charge in [0.05, 0.1) is 12.6 Å². The molecule has 2 N–H and O–H groups in total. The Kier molecular flexibility index (Phi) is 7.30. The van der Waals surface area contributed by atoms with Crippen LogP contribution in [0.3, 0.4) is 0 Å². The second kappa shape index (κ2) is 9.23. The molecular weight excluding hydrogens is 294 g/mol. The minimum Gasteiger partial charge on any atom is -0.465 e. The molecule has 6 nitrogen and oxygen atoms in total. The van der Waals surface area contributed by atoms with Gasteiger partial charge < -0.3 is 15.4 Å². The lowest BCUT2D eigenvalue weighted by Gasteiger charge is -2.36. The van der Waals surface area contributed by atoms with Gasteiger partial charge in [-0.3, -0.25) is 14.5 Å². The number of nitrogens with zero attached hydrogens (tertiary/aromatic N) is 1. The lowest BCUT2D eigenvalue weighted by Crippen LogP contribution is -2.50. The minimum absolute atomic E-state index is 0.0161. The Balaban J connectivity index is 1.80. The Hall–Kier alpha value is -1.14. The fourth-order valence-electron chi connectivity index (χ4n) is 3.64. The molecule has 3 atom stereocenters. The molecular formula is C17H31N3O3. The predicted octanol–water partition coefficient (Wildman–Crippen LogP) is 0.908. The lowest BCUT2D eigenvalue weighted by molar-refractivity contribution is -0.150. The summed E-state index contributed by atoms with van der Waals surface area (Å²) in [5, 5.41) is 6.31. The molecule has 132 valence electrons. The first kappa shape index (κ1) is 18.2. The Bertz CT molecular complexity index is 397. The molecule has 2 fully saturated rings. The Morgan fingerprint density at radius 1 is 1.30 bits per heavy atom. The van der Waals surface area contributed by atoms with Gasteiger partial charge in [0.25, 0.3) is 0 Å². The Morgan fingerprint density at radius 2 is 2.13 bits per heavy atom. The fraction of sp³-hybridized carbons (Fsp3) is 0.882. The van der Waals surface area contributed by atoms with Crippen LogP contribution in [0.1, 0.15) is 46.0 Å². The first-order valence-corrected chi connectivity index (χ1v) is 9.07. The molecule has 2 aliphatic heterocycles. The molecule has 2 aliphatic rings. The lowest BCUT2D eigenvalue weighted by atomic mass is 9.96. The number of ether oxygens (including phenoxy) is 1. The number of carbonyl (C=O) groups excluding carboxylic acids is 2. The van der Waals surface area contributed by atoms with E-state index in [1.165, 1.54) is 0 Å². The fourth-order valence-corrected chi connectivity index (χ4v) is 3.64. The smallest absolute Gasteiger partial charge is 0.323 e. The summed E-state index contributed by atoms with van der Waals surface area (Å²) < 4.78 is 5.19. The summed E-state index contributed by atoms with van der Waals surface area (Å²) in [6.45, 7) is 7.73. The van der Waals surface area contributed by atoms with Gasteiger partial charge in [0.2, 0.25) is 5.91 Å². The van der Waals surface area contributed by atoms with Gasteiger partial charge in [-0.2, -0.15) is 0 Å². The summed E-state index contributed by atoms with van der Waals surface area (Å²) in [6.07, 6.45) is 4.95. The number of likely N-dealkylation sites (tertiary alicyclic amines) is 1. The molecule has 0 aliphatic carbocycles. The van der Waals surface area contributed by atoms with Gasteiger partial charge in [-0.25, -0.2) is 0 Å². The van der Waals surface area contributed by atoms with E-state index in [9.17, 15) is 9.59 Å². The standard InChI is InChI=1S/C17H31N3O3/c1-3-15(17(22)23-4-2)20-10-6-7-13(12-20)11-19-16(21)14-8-5-9-18-14/h13-15,18H,3-12H2,1-2H3,(H,19,21). The van der Waals surface area contributed by atoms with Gasteiger partial charge in [-0.1, -0.05) is 6.92 Å². The topological polar surface area (TPSA) is 70.7 Å². The molecule has 0 aromatic rings. The van der Waals surface area contributed by atoms with Crippen LogP contribution in [0.25, 0.3) is 0 Å². The van der Waals surface area contributed by atoms with Gasteiger partial charge in [0.1, 0.15) is 6.04 Å². The van der Waals surface area contributed by atoms with Crippen molar-refractivity contribution in [2.45, 2.75) is 58.0 Å². The molecule has 2 rings (SSSR count). The number of amides is 1. The molecule has 0 radical (unpaired) electrons. The maximum Gasteiger partial charge on any atom is 0.323 e. The third-order valence-corrected chi connectivity index (χ3v) is 4.88. The van der Waals surface area contributed by atoms with E-state index in [0.717, 1.165) is 51.7 Å².